The molecule has 0 aliphatic carbocycles. The van der Waals surface area contributed by atoms with Crippen molar-refractivity contribution in [2.24, 2.45) is 0 Å². The average Bonchev–Trinajstić information content (AvgIpc) is 2.68. The second kappa shape index (κ2) is 8.30. The first-order valence-corrected chi connectivity index (χ1v) is 9.44. The third-order valence-electron chi connectivity index (χ3n) is 4.92. The minimum absolute atomic E-state index is 0.0136. The molecule has 2 heterocycles. The highest BCUT2D eigenvalue weighted by Crippen LogP contribution is 2.22. The number of rotatable bonds is 5. The maximum Gasteiger partial charge on any atom is 0.253 e. The molecule has 0 saturated carbocycles. The van der Waals surface area contributed by atoms with Crippen LogP contribution in [-0.4, -0.2) is 38.8 Å². The van der Waals surface area contributed by atoms with E-state index < -0.39 is 0 Å². The summed E-state index contributed by atoms with van der Waals surface area (Å²) in [7, 11) is 1.84. The molecule has 1 amide bonds. The molecule has 0 saturated heterocycles. The van der Waals surface area contributed by atoms with Crippen LogP contribution >= 0.6 is 0 Å². The predicted octanol–water partition coefficient (Wildman–Crippen LogP) is 4.17. The Morgan fingerprint density at radius 3 is 2.64 bits per heavy atom. The molecule has 0 unspecified atom stereocenters. The van der Waals surface area contributed by atoms with Crippen LogP contribution in [0.3, 0.4) is 0 Å². The Bertz CT molecular complexity index is 999. The molecule has 5 heteroatoms. The van der Waals surface area contributed by atoms with Gasteiger partial charge in [0.15, 0.2) is 0 Å². The monoisotopic (exact) mass is 374 g/mol. The molecule has 0 bridgehead atoms. The van der Waals surface area contributed by atoms with Crippen LogP contribution in [0.5, 0.6) is 0 Å². The van der Waals surface area contributed by atoms with Crippen LogP contribution < -0.4 is 0 Å². The van der Waals surface area contributed by atoms with Gasteiger partial charge in [-0.15, -0.1) is 0 Å². The van der Waals surface area contributed by atoms with Crippen molar-refractivity contribution in [1.82, 2.24) is 19.9 Å². The van der Waals surface area contributed by atoms with E-state index in [0.717, 1.165) is 28.3 Å². The summed E-state index contributed by atoms with van der Waals surface area (Å²) in [6.07, 6.45) is 4.28. The molecule has 0 fully saturated rings. The van der Waals surface area contributed by atoms with Gasteiger partial charge in [-0.3, -0.25) is 14.8 Å². The van der Waals surface area contributed by atoms with Crippen molar-refractivity contribution < 1.29 is 4.79 Å². The number of hydrogen-bond donors (Lipinski definition) is 0. The highest BCUT2D eigenvalue weighted by Gasteiger charge is 2.19. The van der Waals surface area contributed by atoms with Crippen molar-refractivity contribution in [2.75, 3.05) is 7.05 Å². The zero-order chi connectivity index (χ0) is 20.3. The summed E-state index contributed by atoms with van der Waals surface area (Å²) in [5, 5.41) is 0. The van der Waals surface area contributed by atoms with Gasteiger partial charge in [0, 0.05) is 48.7 Å². The quantitative estimate of drug-likeness (QED) is 0.673. The molecule has 0 aliphatic heterocycles. The number of pyridine rings is 1. The lowest BCUT2D eigenvalue weighted by molar-refractivity contribution is 0.0743. The van der Waals surface area contributed by atoms with Gasteiger partial charge in [0.2, 0.25) is 0 Å². The average molecular weight is 374 g/mol. The van der Waals surface area contributed by atoms with Crippen molar-refractivity contribution in [3.8, 4) is 11.3 Å². The van der Waals surface area contributed by atoms with Gasteiger partial charge >= 0.3 is 0 Å². The summed E-state index contributed by atoms with van der Waals surface area (Å²) in [6.45, 7) is 7.94. The first-order chi connectivity index (χ1) is 13.3. The maximum absolute atomic E-state index is 13.0. The van der Waals surface area contributed by atoms with E-state index in [0.29, 0.717) is 12.0 Å². The Hall–Kier alpha value is -3.08. The molecule has 3 rings (SSSR count). The predicted molar refractivity (Wildman–Crippen MR) is 111 cm³/mol. The lowest BCUT2D eigenvalue weighted by Crippen LogP contribution is -2.36. The van der Waals surface area contributed by atoms with Crippen LogP contribution in [0.15, 0.2) is 48.8 Å². The topological polar surface area (TPSA) is 59.0 Å². The molecule has 0 aliphatic rings. The van der Waals surface area contributed by atoms with Crippen molar-refractivity contribution in [3.63, 3.8) is 0 Å². The highest BCUT2D eigenvalue weighted by atomic mass is 16.2. The fraction of sp³-hybridized carbons (Fsp3) is 0.304. The van der Waals surface area contributed by atoms with Gasteiger partial charge < -0.3 is 4.90 Å². The molecular formula is C23H26N4O. The zero-order valence-electron chi connectivity index (χ0n) is 17.1. The number of nitrogens with zero attached hydrogens (tertiary/aromatic N) is 4. The number of amides is 1. The summed E-state index contributed by atoms with van der Waals surface area (Å²) < 4.78 is 0. The van der Waals surface area contributed by atoms with E-state index in [1.54, 1.807) is 11.1 Å². The molecule has 144 valence electrons. The SMILES string of the molecule is Cc1ccnc(C[C@H](C)N(C)C(=O)c2cccc(-c3nc(C)cnc3C)c2)c1. The van der Waals surface area contributed by atoms with E-state index in [2.05, 4.69) is 21.0 Å². The van der Waals surface area contributed by atoms with Crippen LogP contribution in [0.25, 0.3) is 11.3 Å². The standard InChI is InChI=1S/C23H26N4O/c1-15-9-10-24-21(11-15)12-17(3)27(5)23(28)20-8-6-7-19(13-20)22-18(4)25-14-16(2)26-22/h6-11,13-14,17H,12H2,1-5H3/t17-/m0/s1. The van der Waals surface area contributed by atoms with Gasteiger partial charge in [-0.25, -0.2) is 4.98 Å². The Kier molecular flexibility index (Phi) is 5.83. The minimum atomic E-state index is -0.0136. The van der Waals surface area contributed by atoms with Crippen LogP contribution in [0.1, 0.15) is 39.9 Å². The smallest absolute Gasteiger partial charge is 0.253 e. The highest BCUT2D eigenvalue weighted by molar-refractivity contribution is 5.95. The number of carbonyl (C=O) groups excluding carboxylic acids is 1. The molecule has 2 aromatic heterocycles. The molecule has 0 N–H and O–H groups in total. The first kappa shape index (κ1) is 19.7. The second-order valence-electron chi connectivity index (χ2n) is 7.32. The summed E-state index contributed by atoms with van der Waals surface area (Å²) in [4.78, 5) is 28.2. The number of likely N-dealkylation sites (N-methyl/N-ethyl adjacent to an activating group) is 1. The minimum Gasteiger partial charge on any atom is -0.339 e. The van der Waals surface area contributed by atoms with Crippen molar-refractivity contribution in [3.05, 3.63) is 77.0 Å². The van der Waals surface area contributed by atoms with Crippen LogP contribution in [0.2, 0.25) is 0 Å². The molecule has 1 aromatic carbocycles. The Labute approximate surface area is 166 Å². The summed E-state index contributed by atoms with van der Waals surface area (Å²) in [5.41, 5.74) is 6.23. The van der Waals surface area contributed by atoms with Gasteiger partial charge in [0.25, 0.3) is 5.91 Å². The molecule has 1 atom stereocenters. The zero-order valence-corrected chi connectivity index (χ0v) is 17.1. The molecule has 0 spiro atoms. The molecule has 0 radical (unpaired) electrons. The summed E-state index contributed by atoms with van der Waals surface area (Å²) in [6, 6.07) is 11.7. The Morgan fingerprint density at radius 1 is 1.11 bits per heavy atom. The number of aromatic nitrogens is 3. The largest absolute Gasteiger partial charge is 0.339 e. The fourth-order valence-corrected chi connectivity index (χ4v) is 3.16. The van der Waals surface area contributed by atoms with Crippen LogP contribution in [0.4, 0.5) is 0 Å². The molecular weight excluding hydrogens is 348 g/mol. The lowest BCUT2D eigenvalue weighted by atomic mass is 10.0. The molecule has 28 heavy (non-hydrogen) atoms. The number of aryl methyl sites for hydroxylation is 3. The first-order valence-electron chi connectivity index (χ1n) is 9.44. The molecule has 3 aromatic rings. The van der Waals surface area contributed by atoms with Crippen molar-refractivity contribution in [1.29, 1.82) is 0 Å². The fourth-order valence-electron chi connectivity index (χ4n) is 3.16. The summed E-state index contributed by atoms with van der Waals surface area (Å²) >= 11 is 0. The second-order valence-corrected chi connectivity index (χ2v) is 7.32. The normalized spacial score (nSPS) is 11.9. The van der Waals surface area contributed by atoms with E-state index in [4.69, 9.17) is 0 Å². The third-order valence-corrected chi connectivity index (χ3v) is 4.92. The van der Waals surface area contributed by atoms with E-state index in [9.17, 15) is 4.79 Å². The summed E-state index contributed by atoms with van der Waals surface area (Å²) in [5.74, 6) is -0.0136. The van der Waals surface area contributed by atoms with Gasteiger partial charge in [-0.2, -0.15) is 0 Å². The number of hydrogen-bond acceptors (Lipinski definition) is 4. The van der Waals surface area contributed by atoms with E-state index >= 15 is 0 Å². The maximum atomic E-state index is 13.0. The van der Waals surface area contributed by atoms with Crippen LogP contribution in [-0.2, 0) is 6.42 Å². The van der Waals surface area contributed by atoms with E-state index in [-0.39, 0.29) is 11.9 Å². The van der Waals surface area contributed by atoms with Gasteiger partial charge in [0.1, 0.15) is 0 Å². The third kappa shape index (κ3) is 4.42. The van der Waals surface area contributed by atoms with Crippen molar-refractivity contribution >= 4 is 5.91 Å². The Balaban J connectivity index is 1.81. The van der Waals surface area contributed by atoms with E-state index in [1.807, 2.05) is 71.3 Å². The van der Waals surface area contributed by atoms with Gasteiger partial charge in [-0.1, -0.05) is 12.1 Å². The van der Waals surface area contributed by atoms with E-state index in [1.165, 1.54) is 5.56 Å². The number of benzene rings is 1. The lowest BCUT2D eigenvalue weighted by Gasteiger charge is -2.25. The van der Waals surface area contributed by atoms with Crippen molar-refractivity contribution in [2.45, 2.75) is 40.2 Å². The van der Waals surface area contributed by atoms with Gasteiger partial charge in [0.05, 0.1) is 17.1 Å². The Morgan fingerprint density at radius 2 is 1.89 bits per heavy atom. The van der Waals surface area contributed by atoms with Gasteiger partial charge in [-0.05, 0) is 57.5 Å². The number of carbonyl (C=O) groups is 1. The van der Waals surface area contributed by atoms with Crippen LogP contribution in [0, 0.1) is 20.8 Å². The molecule has 5 nitrogen and oxygen atoms in total.